The molecule has 6 nitrogen and oxygen atoms in total. The summed E-state index contributed by atoms with van der Waals surface area (Å²) in [6, 6.07) is 16.7. The third-order valence-electron chi connectivity index (χ3n) is 6.10. The summed E-state index contributed by atoms with van der Waals surface area (Å²) < 4.78 is 10.8. The van der Waals surface area contributed by atoms with Crippen molar-refractivity contribution in [2.45, 2.75) is 39.7 Å². The minimum Gasteiger partial charge on any atom is -0.493 e. The normalized spacial score (nSPS) is 10.7. The van der Waals surface area contributed by atoms with Gasteiger partial charge in [-0.1, -0.05) is 31.0 Å². The second kappa shape index (κ2) is 14.1. The van der Waals surface area contributed by atoms with Crippen molar-refractivity contribution in [1.29, 1.82) is 0 Å². The van der Waals surface area contributed by atoms with Gasteiger partial charge in [-0.15, -0.1) is 11.3 Å². The third kappa shape index (κ3) is 8.23. The van der Waals surface area contributed by atoms with Crippen LogP contribution in [0.4, 0.5) is 0 Å². The Morgan fingerprint density at radius 2 is 1.65 bits per heavy atom. The Balaban J connectivity index is 1.78. The molecule has 0 radical (unpaired) electrons. The lowest BCUT2D eigenvalue weighted by Gasteiger charge is -2.28. The molecule has 0 spiro atoms. The Morgan fingerprint density at radius 3 is 2.27 bits per heavy atom. The van der Waals surface area contributed by atoms with E-state index < -0.39 is 0 Å². The number of methoxy groups -OCH3 is 2. The molecule has 2 amide bonds. The Kier molecular flexibility index (Phi) is 10.8. The molecule has 8 heteroatoms. The molecule has 1 heterocycles. The minimum atomic E-state index is -0.162. The van der Waals surface area contributed by atoms with E-state index in [9.17, 15) is 9.59 Å². The largest absolute Gasteiger partial charge is 0.493 e. The lowest BCUT2D eigenvalue weighted by Crippen LogP contribution is -2.43. The van der Waals surface area contributed by atoms with Crippen LogP contribution in [-0.2, 0) is 17.8 Å². The molecule has 0 saturated carbocycles. The third-order valence-corrected chi connectivity index (χ3v) is 7.34. The number of carbonyl (C=O) groups excluding carboxylic acids is 2. The maximum Gasteiger partial charge on any atom is 0.254 e. The summed E-state index contributed by atoms with van der Waals surface area (Å²) in [5.41, 5.74) is 1.57. The van der Waals surface area contributed by atoms with Crippen LogP contribution >= 0.6 is 22.9 Å². The quantitative estimate of drug-likeness (QED) is 0.256. The van der Waals surface area contributed by atoms with Gasteiger partial charge in [0, 0.05) is 33.4 Å². The fraction of sp³-hybridized carbons (Fsp3) is 0.379. The number of unbranched alkanes of at least 4 members (excludes halogenated alkanes) is 1. The first-order chi connectivity index (χ1) is 17.8. The number of rotatable bonds is 13. The molecule has 3 rings (SSSR count). The fourth-order valence-corrected chi connectivity index (χ4v) is 5.02. The van der Waals surface area contributed by atoms with Gasteiger partial charge >= 0.3 is 0 Å². The predicted octanol–water partition coefficient (Wildman–Crippen LogP) is 6.24. The molecular formula is C29H35ClN2O4S. The van der Waals surface area contributed by atoms with Crippen LogP contribution in [0.15, 0.2) is 54.6 Å². The summed E-state index contributed by atoms with van der Waals surface area (Å²) in [6.07, 6.45) is 2.40. The van der Waals surface area contributed by atoms with Crippen molar-refractivity contribution in [3.63, 3.8) is 0 Å². The summed E-state index contributed by atoms with van der Waals surface area (Å²) >= 11 is 7.69. The zero-order chi connectivity index (χ0) is 26.8. The van der Waals surface area contributed by atoms with Crippen LogP contribution in [0, 0.1) is 6.92 Å². The average Bonchev–Trinajstić information content (AvgIpc) is 3.32. The van der Waals surface area contributed by atoms with Gasteiger partial charge in [-0.3, -0.25) is 9.59 Å². The van der Waals surface area contributed by atoms with Gasteiger partial charge in [0.15, 0.2) is 11.5 Å². The van der Waals surface area contributed by atoms with E-state index in [2.05, 4.69) is 26.0 Å². The molecule has 1 aromatic heterocycles. The fourth-order valence-electron chi connectivity index (χ4n) is 3.99. The second-order valence-electron chi connectivity index (χ2n) is 8.85. The molecule has 0 N–H and O–H groups in total. The Bertz CT molecular complexity index is 1180. The van der Waals surface area contributed by atoms with Gasteiger partial charge in [-0.05, 0) is 73.9 Å². The molecule has 0 atom stereocenters. The van der Waals surface area contributed by atoms with E-state index >= 15 is 0 Å². The second-order valence-corrected chi connectivity index (χ2v) is 10.7. The zero-order valence-corrected chi connectivity index (χ0v) is 23.5. The van der Waals surface area contributed by atoms with E-state index in [1.807, 2.05) is 23.1 Å². The summed E-state index contributed by atoms with van der Waals surface area (Å²) in [4.78, 5) is 32.7. The monoisotopic (exact) mass is 542 g/mol. The number of amides is 2. The van der Waals surface area contributed by atoms with E-state index in [1.54, 1.807) is 54.7 Å². The number of thiophene rings is 1. The highest BCUT2D eigenvalue weighted by Gasteiger charge is 2.23. The lowest BCUT2D eigenvalue weighted by molar-refractivity contribution is -0.132. The number of halogens is 1. The molecule has 37 heavy (non-hydrogen) atoms. The van der Waals surface area contributed by atoms with Crippen molar-refractivity contribution >= 4 is 34.8 Å². The number of nitrogens with zero attached hydrogens (tertiary/aromatic N) is 2. The highest BCUT2D eigenvalue weighted by molar-refractivity contribution is 7.11. The van der Waals surface area contributed by atoms with Crippen molar-refractivity contribution in [2.24, 2.45) is 0 Å². The van der Waals surface area contributed by atoms with E-state index in [4.69, 9.17) is 21.1 Å². The van der Waals surface area contributed by atoms with Crippen molar-refractivity contribution in [3.8, 4) is 11.5 Å². The molecule has 0 aliphatic carbocycles. The molecule has 198 valence electrons. The molecule has 0 aliphatic rings. The van der Waals surface area contributed by atoms with Crippen LogP contribution in [0.5, 0.6) is 11.5 Å². The van der Waals surface area contributed by atoms with Gasteiger partial charge in [-0.2, -0.15) is 0 Å². The molecule has 3 aromatic rings. The van der Waals surface area contributed by atoms with E-state index in [0.717, 1.165) is 23.3 Å². The van der Waals surface area contributed by atoms with E-state index in [-0.39, 0.29) is 18.4 Å². The predicted molar refractivity (Wildman–Crippen MR) is 150 cm³/mol. The number of aryl methyl sites for hydroxylation is 1. The van der Waals surface area contributed by atoms with Crippen molar-refractivity contribution < 1.29 is 19.1 Å². The number of hydrogen-bond acceptors (Lipinski definition) is 5. The summed E-state index contributed by atoms with van der Waals surface area (Å²) in [6.45, 7) is 5.69. The number of hydrogen-bond donors (Lipinski definition) is 0. The van der Waals surface area contributed by atoms with Gasteiger partial charge in [0.05, 0.1) is 20.8 Å². The summed E-state index contributed by atoms with van der Waals surface area (Å²) in [7, 11) is 3.22. The highest BCUT2D eigenvalue weighted by atomic mass is 35.5. The topological polar surface area (TPSA) is 59.1 Å². The molecule has 0 saturated heterocycles. The minimum absolute atomic E-state index is 0.0255. The van der Waals surface area contributed by atoms with Crippen LogP contribution < -0.4 is 9.47 Å². The Labute approximate surface area is 228 Å². The number of benzene rings is 2. The number of carbonyl (C=O) groups is 2. The van der Waals surface area contributed by atoms with Gasteiger partial charge in [0.2, 0.25) is 5.91 Å². The van der Waals surface area contributed by atoms with Crippen molar-refractivity contribution in [2.75, 3.05) is 33.9 Å². The van der Waals surface area contributed by atoms with Gasteiger partial charge in [-0.25, -0.2) is 0 Å². The van der Waals surface area contributed by atoms with Crippen LogP contribution in [0.25, 0.3) is 0 Å². The summed E-state index contributed by atoms with van der Waals surface area (Å²) in [5.74, 6) is 1.09. The van der Waals surface area contributed by atoms with Crippen LogP contribution in [-0.4, -0.2) is 55.5 Å². The zero-order valence-electron chi connectivity index (χ0n) is 22.0. The summed E-state index contributed by atoms with van der Waals surface area (Å²) in [5, 5.41) is 0.570. The van der Waals surface area contributed by atoms with Crippen molar-refractivity contribution in [3.05, 3.63) is 80.5 Å². The first-order valence-electron chi connectivity index (χ1n) is 12.4. The van der Waals surface area contributed by atoms with Gasteiger partial charge < -0.3 is 19.3 Å². The maximum absolute atomic E-state index is 13.6. The molecular weight excluding hydrogens is 508 g/mol. The Hall–Kier alpha value is -3.03. The molecule has 2 aromatic carbocycles. The SMILES string of the molecule is CCCCN(CC(=O)N(CCc1ccc(OC)c(OC)c1)Cc1ccc(C)s1)C(=O)c1ccc(Cl)cc1. The average molecular weight is 543 g/mol. The Morgan fingerprint density at radius 1 is 0.919 bits per heavy atom. The molecule has 0 aliphatic heterocycles. The standard InChI is InChI=1S/C29H35ClN2O4S/c1-5-6-16-32(29(34)23-9-11-24(30)12-10-23)20-28(33)31(19-25-13-7-21(2)37-25)17-15-22-8-14-26(35-3)27(18-22)36-4/h7-14,18H,5-6,15-17,19-20H2,1-4H3. The van der Waals surface area contributed by atoms with Crippen LogP contribution in [0.1, 0.15) is 45.4 Å². The highest BCUT2D eigenvalue weighted by Crippen LogP contribution is 2.28. The van der Waals surface area contributed by atoms with Crippen LogP contribution in [0.2, 0.25) is 5.02 Å². The lowest BCUT2D eigenvalue weighted by atomic mass is 10.1. The first kappa shape index (κ1) is 28.5. The molecule has 0 unspecified atom stereocenters. The first-order valence-corrected chi connectivity index (χ1v) is 13.6. The molecule has 0 fully saturated rings. The van der Waals surface area contributed by atoms with Crippen LogP contribution in [0.3, 0.4) is 0 Å². The van der Waals surface area contributed by atoms with Crippen molar-refractivity contribution in [1.82, 2.24) is 9.80 Å². The van der Waals surface area contributed by atoms with E-state index in [0.29, 0.717) is 48.1 Å². The van der Waals surface area contributed by atoms with Gasteiger partial charge in [0.1, 0.15) is 6.54 Å². The van der Waals surface area contributed by atoms with Gasteiger partial charge in [0.25, 0.3) is 5.91 Å². The smallest absolute Gasteiger partial charge is 0.254 e. The number of ether oxygens (including phenoxy) is 2. The maximum atomic E-state index is 13.6. The molecule has 0 bridgehead atoms. The van der Waals surface area contributed by atoms with E-state index in [1.165, 1.54) is 4.88 Å².